The van der Waals surface area contributed by atoms with Gasteiger partial charge in [-0.2, -0.15) is 0 Å². The van der Waals surface area contributed by atoms with E-state index in [1.807, 2.05) is 31.2 Å². The first kappa shape index (κ1) is 17.7. The van der Waals surface area contributed by atoms with Gasteiger partial charge in [-0.05, 0) is 31.0 Å². The van der Waals surface area contributed by atoms with Crippen LogP contribution in [-0.4, -0.2) is 5.91 Å². The number of rotatable bonds is 10. The van der Waals surface area contributed by atoms with Crippen molar-refractivity contribution >= 4 is 11.6 Å². The monoisotopic (exact) mass is 290 g/mol. The number of amides is 1. The molecule has 118 valence electrons. The molecule has 0 saturated carbocycles. The Balaban J connectivity index is 2.15. The number of carbonyl (C=O) groups is 1. The summed E-state index contributed by atoms with van der Waals surface area (Å²) in [7, 11) is 0. The summed E-state index contributed by atoms with van der Waals surface area (Å²) >= 11 is 0. The van der Waals surface area contributed by atoms with Crippen LogP contribution in [0.1, 0.15) is 76.8 Å². The van der Waals surface area contributed by atoms with E-state index in [1.54, 1.807) is 0 Å². The van der Waals surface area contributed by atoms with E-state index in [9.17, 15) is 4.79 Å². The molecule has 3 N–H and O–H groups in total. The molecule has 0 saturated heterocycles. The molecule has 0 aromatic heterocycles. The fraction of sp³-hybridized carbons (Fsp3) is 0.611. The molecule has 1 atom stereocenters. The van der Waals surface area contributed by atoms with Gasteiger partial charge in [0.05, 0.1) is 0 Å². The van der Waals surface area contributed by atoms with Gasteiger partial charge in [-0.3, -0.25) is 4.79 Å². The zero-order valence-corrected chi connectivity index (χ0v) is 13.5. The van der Waals surface area contributed by atoms with Gasteiger partial charge in [0.25, 0.3) is 0 Å². The van der Waals surface area contributed by atoms with Crippen molar-refractivity contribution in [2.24, 2.45) is 5.73 Å². The van der Waals surface area contributed by atoms with Crippen LogP contribution in [0.15, 0.2) is 24.3 Å². The molecular weight excluding hydrogens is 260 g/mol. The maximum Gasteiger partial charge on any atom is 0.224 e. The average molecular weight is 290 g/mol. The van der Waals surface area contributed by atoms with Crippen LogP contribution in [0.2, 0.25) is 0 Å². The average Bonchev–Trinajstić information content (AvgIpc) is 2.47. The number of nitrogens with two attached hydrogens (primary N) is 1. The number of benzene rings is 1. The minimum absolute atomic E-state index is 0.0301. The maximum absolute atomic E-state index is 11.8. The molecule has 1 aromatic rings. The summed E-state index contributed by atoms with van der Waals surface area (Å²) in [6.07, 6.45) is 9.24. The minimum atomic E-state index is 0.0301. The van der Waals surface area contributed by atoms with E-state index < -0.39 is 0 Å². The van der Waals surface area contributed by atoms with E-state index in [0.29, 0.717) is 6.42 Å². The van der Waals surface area contributed by atoms with Crippen molar-refractivity contribution in [1.82, 2.24) is 0 Å². The molecule has 1 aromatic carbocycles. The predicted octanol–water partition coefficient (Wildman–Crippen LogP) is 4.79. The first-order chi connectivity index (χ1) is 10.1. The molecular formula is C18H30N2O. The van der Waals surface area contributed by atoms with Crippen molar-refractivity contribution in [3.05, 3.63) is 29.8 Å². The molecule has 0 fully saturated rings. The van der Waals surface area contributed by atoms with Gasteiger partial charge < -0.3 is 11.1 Å². The Labute approximate surface area is 129 Å². The van der Waals surface area contributed by atoms with Gasteiger partial charge in [0.2, 0.25) is 5.91 Å². The smallest absolute Gasteiger partial charge is 0.224 e. The van der Waals surface area contributed by atoms with Gasteiger partial charge in [0, 0.05) is 18.2 Å². The van der Waals surface area contributed by atoms with E-state index in [4.69, 9.17) is 5.73 Å². The van der Waals surface area contributed by atoms with Crippen molar-refractivity contribution in [3.8, 4) is 0 Å². The second-order valence-corrected chi connectivity index (χ2v) is 5.83. The van der Waals surface area contributed by atoms with E-state index in [1.165, 1.54) is 32.1 Å². The Morgan fingerprint density at radius 3 is 2.19 bits per heavy atom. The molecule has 0 aliphatic carbocycles. The zero-order chi connectivity index (χ0) is 15.5. The molecule has 3 heteroatoms. The molecule has 1 amide bonds. The number of anilines is 1. The third kappa shape index (κ3) is 7.86. The van der Waals surface area contributed by atoms with Gasteiger partial charge in [0.1, 0.15) is 0 Å². The topological polar surface area (TPSA) is 55.1 Å². The fourth-order valence-electron chi connectivity index (χ4n) is 2.34. The van der Waals surface area contributed by atoms with E-state index in [0.717, 1.165) is 24.1 Å². The molecule has 0 spiro atoms. The summed E-state index contributed by atoms with van der Waals surface area (Å²) < 4.78 is 0. The number of hydrogen-bond donors (Lipinski definition) is 2. The lowest BCUT2D eigenvalue weighted by atomic mass is 10.1. The van der Waals surface area contributed by atoms with Crippen molar-refractivity contribution in [1.29, 1.82) is 0 Å². The number of unbranched alkanes of at least 4 members (excludes halogenated alkanes) is 6. The molecule has 3 nitrogen and oxygen atoms in total. The van der Waals surface area contributed by atoms with Crippen LogP contribution in [0.25, 0.3) is 0 Å². The van der Waals surface area contributed by atoms with Crippen LogP contribution in [-0.2, 0) is 4.79 Å². The van der Waals surface area contributed by atoms with Crippen molar-refractivity contribution in [2.45, 2.75) is 71.3 Å². The standard InChI is InChI=1S/C18H30N2O/c1-3-4-5-6-7-8-9-10-18(21)20-17-13-11-16(12-14-17)15(2)19/h11-15H,3-10,19H2,1-2H3,(H,20,21). The second kappa shape index (κ2) is 10.4. The summed E-state index contributed by atoms with van der Waals surface area (Å²) in [5.41, 5.74) is 7.74. The molecule has 0 aliphatic heterocycles. The van der Waals surface area contributed by atoms with Gasteiger partial charge in [-0.15, -0.1) is 0 Å². The summed E-state index contributed by atoms with van der Waals surface area (Å²) in [6.45, 7) is 4.18. The van der Waals surface area contributed by atoms with Crippen LogP contribution in [0.4, 0.5) is 5.69 Å². The van der Waals surface area contributed by atoms with Crippen molar-refractivity contribution in [3.63, 3.8) is 0 Å². The summed E-state index contributed by atoms with van der Waals surface area (Å²) in [6, 6.07) is 7.80. The lowest BCUT2D eigenvalue weighted by Crippen LogP contribution is -2.11. The molecule has 0 bridgehead atoms. The maximum atomic E-state index is 11.8. The first-order valence-electron chi connectivity index (χ1n) is 8.29. The first-order valence-corrected chi connectivity index (χ1v) is 8.29. The summed E-state index contributed by atoms with van der Waals surface area (Å²) in [5.74, 6) is 0.108. The second-order valence-electron chi connectivity index (χ2n) is 5.83. The lowest BCUT2D eigenvalue weighted by Gasteiger charge is -2.08. The highest BCUT2D eigenvalue weighted by Gasteiger charge is 2.03. The molecule has 1 rings (SSSR count). The van der Waals surface area contributed by atoms with E-state index >= 15 is 0 Å². The fourth-order valence-corrected chi connectivity index (χ4v) is 2.34. The van der Waals surface area contributed by atoms with Gasteiger partial charge in [0.15, 0.2) is 0 Å². The highest BCUT2D eigenvalue weighted by atomic mass is 16.1. The Kier molecular flexibility index (Phi) is 8.76. The van der Waals surface area contributed by atoms with Crippen LogP contribution in [0.5, 0.6) is 0 Å². The van der Waals surface area contributed by atoms with E-state index in [-0.39, 0.29) is 11.9 Å². The van der Waals surface area contributed by atoms with Crippen molar-refractivity contribution in [2.75, 3.05) is 5.32 Å². The number of nitrogens with one attached hydrogen (secondary N) is 1. The highest BCUT2D eigenvalue weighted by Crippen LogP contribution is 2.15. The predicted molar refractivity (Wildman–Crippen MR) is 90.3 cm³/mol. The molecule has 21 heavy (non-hydrogen) atoms. The molecule has 0 radical (unpaired) electrons. The largest absolute Gasteiger partial charge is 0.326 e. The van der Waals surface area contributed by atoms with Crippen LogP contribution < -0.4 is 11.1 Å². The van der Waals surface area contributed by atoms with Gasteiger partial charge in [-0.25, -0.2) is 0 Å². The summed E-state index contributed by atoms with van der Waals surface area (Å²) in [4.78, 5) is 11.8. The molecule has 1 unspecified atom stereocenters. The zero-order valence-electron chi connectivity index (χ0n) is 13.5. The Morgan fingerprint density at radius 2 is 1.62 bits per heavy atom. The Morgan fingerprint density at radius 1 is 1.05 bits per heavy atom. The van der Waals surface area contributed by atoms with Crippen LogP contribution >= 0.6 is 0 Å². The Hall–Kier alpha value is -1.35. The van der Waals surface area contributed by atoms with Gasteiger partial charge >= 0.3 is 0 Å². The van der Waals surface area contributed by atoms with Crippen molar-refractivity contribution < 1.29 is 4.79 Å². The third-order valence-electron chi connectivity index (χ3n) is 3.73. The minimum Gasteiger partial charge on any atom is -0.326 e. The molecule has 0 aliphatic rings. The normalized spacial score (nSPS) is 12.1. The SMILES string of the molecule is CCCCCCCCCC(=O)Nc1ccc(C(C)N)cc1. The lowest BCUT2D eigenvalue weighted by molar-refractivity contribution is -0.116. The highest BCUT2D eigenvalue weighted by molar-refractivity contribution is 5.90. The number of hydrogen-bond acceptors (Lipinski definition) is 2. The van der Waals surface area contributed by atoms with Crippen LogP contribution in [0, 0.1) is 0 Å². The molecule has 0 heterocycles. The third-order valence-corrected chi connectivity index (χ3v) is 3.73. The van der Waals surface area contributed by atoms with Crippen LogP contribution in [0.3, 0.4) is 0 Å². The Bertz CT molecular complexity index is 398. The van der Waals surface area contributed by atoms with Gasteiger partial charge in [-0.1, -0.05) is 57.6 Å². The quantitative estimate of drug-likeness (QED) is 0.609. The number of carbonyl (C=O) groups excluding carboxylic acids is 1. The summed E-state index contributed by atoms with van der Waals surface area (Å²) in [5, 5.41) is 2.94. The van der Waals surface area contributed by atoms with E-state index in [2.05, 4.69) is 12.2 Å².